The summed E-state index contributed by atoms with van der Waals surface area (Å²) in [7, 11) is 0. The molecule has 20 heavy (non-hydrogen) atoms. The second-order valence-corrected chi connectivity index (χ2v) is 4.90. The van der Waals surface area contributed by atoms with Crippen LogP contribution in [0.4, 0.5) is 5.82 Å². The standard InChI is InChI=1S/C15H16ClN3O/c1-10-5-3-4-6-12(10)7-8-17-15-13(9-20)14(16)18-11(2)19-15/h3-6,9H,7-8H2,1-2H3,(H,17,18,19). The summed E-state index contributed by atoms with van der Waals surface area (Å²) in [6.45, 7) is 4.50. The molecule has 1 N–H and O–H groups in total. The lowest BCUT2D eigenvalue weighted by molar-refractivity contribution is 0.112. The zero-order chi connectivity index (χ0) is 14.5. The molecule has 0 saturated heterocycles. The van der Waals surface area contributed by atoms with Gasteiger partial charge in [-0.2, -0.15) is 0 Å². The van der Waals surface area contributed by atoms with Gasteiger partial charge in [0.2, 0.25) is 0 Å². The minimum absolute atomic E-state index is 0.186. The molecule has 0 amide bonds. The van der Waals surface area contributed by atoms with Gasteiger partial charge in [-0.3, -0.25) is 4.79 Å². The molecular formula is C15H16ClN3O. The molecule has 104 valence electrons. The first-order chi connectivity index (χ1) is 9.61. The summed E-state index contributed by atoms with van der Waals surface area (Å²) >= 11 is 5.93. The molecule has 1 aromatic carbocycles. The van der Waals surface area contributed by atoms with Crippen molar-refractivity contribution < 1.29 is 4.79 Å². The lowest BCUT2D eigenvalue weighted by Crippen LogP contribution is -2.11. The van der Waals surface area contributed by atoms with E-state index in [-0.39, 0.29) is 5.15 Å². The van der Waals surface area contributed by atoms with Gasteiger partial charge >= 0.3 is 0 Å². The number of aromatic nitrogens is 2. The number of anilines is 1. The third-order valence-corrected chi connectivity index (χ3v) is 3.36. The average molecular weight is 290 g/mol. The van der Waals surface area contributed by atoms with Crippen LogP contribution in [0.1, 0.15) is 27.3 Å². The van der Waals surface area contributed by atoms with Gasteiger partial charge in [0.1, 0.15) is 16.8 Å². The highest BCUT2D eigenvalue weighted by Crippen LogP contribution is 2.19. The first kappa shape index (κ1) is 14.5. The average Bonchev–Trinajstić information content (AvgIpc) is 2.40. The van der Waals surface area contributed by atoms with Crippen molar-refractivity contribution >= 4 is 23.7 Å². The Kier molecular flexibility index (Phi) is 4.69. The van der Waals surface area contributed by atoms with E-state index in [0.717, 1.165) is 6.42 Å². The fraction of sp³-hybridized carbons (Fsp3) is 0.267. The monoisotopic (exact) mass is 289 g/mol. The van der Waals surface area contributed by atoms with E-state index in [2.05, 4.69) is 34.3 Å². The molecule has 0 fully saturated rings. The van der Waals surface area contributed by atoms with E-state index in [1.807, 2.05) is 12.1 Å². The molecule has 5 heteroatoms. The second-order valence-electron chi connectivity index (χ2n) is 4.55. The Morgan fingerprint density at radius 2 is 2.00 bits per heavy atom. The minimum atomic E-state index is 0.186. The topological polar surface area (TPSA) is 54.9 Å². The van der Waals surface area contributed by atoms with Crippen LogP contribution < -0.4 is 5.32 Å². The zero-order valence-electron chi connectivity index (χ0n) is 11.5. The van der Waals surface area contributed by atoms with Gasteiger partial charge in [-0.25, -0.2) is 9.97 Å². The fourth-order valence-corrected chi connectivity index (χ4v) is 2.25. The van der Waals surface area contributed by atoms with E-state index < -0.39 is 0 Å². The largest absolute Gasteiger partial charge is 0.369 e. The Morgan fingerprint density at radius 3 is 2.70 bits per heavy atom. The van der Waals surface area contributed by atoms with Crippen molar-refractivity contribution in [3.63, 3.8) is 0 Å². The second kappa shape index (κ2) is 6.48. The van der Waals surface area contributed by atoms with Crippen LogP contribution in [0.5, 0.6) is 0 Å². The summed E-state index contributed by atoms with van der Waals surface area (Å²) in [6, 6.07) is 8.21. The number of carbonyl (C=O) groups excluding carboxylic acids is 1. The number of rotatable bonds is 5. The number of aryl methyl sites for hydroxylation is 2. The molecule has 0 saturated carbocycles. The van der Waals surface area contributed by atoms with Gasteiger partial charge < -0.3 is 5.32 Å². The van der Waals surface area contributed by atoms with Crippen LogP contribution in [-0.2, 0) is 6.42 Å². The molecule has 0 spiro atoms. The number of halogens is 1. The van der Waals surface area contributed by atoms with Crippen molar-refractivity contribution in [2.45, 2.75) is 20.3 Å². The van der Waals surface area contributed by atoms with Crippen molar-refractivity contribution in [1.82, 2.24) is 9.97 Å². The molecule has 0 bridgehead atoms. The van der Waals surface area contributed by atoms with Crippen LogP contribution in [0.15, 0.2) is 24.3 Å². The molecule has 2 aromatic rings. The summed E-state index contributed by atoms with van der Waals surface area (Å²) in [5.41, 5.74) is 2.83. The van der Waals surface area contributed by atoms with E-state index >= 15 is 0 Å². The van der Waals surface area contributed by atoms with Crippen molar-refractivity contribution in [3.8, 4) is 0 Å². The first-order valence-corrected chi connectivity index (χ1v) is 6.77. The molecule has 0 aliphatic rings. The normalized spacial score (nSPS) is 10.3. The lowest BCUT2D eigenvalue weighted by atomic mass is 10.1. The molecule has 4 nitrogen and oxygen atoms in total. The molecule has 2 rings (SSSR count). The van der Waals surface area contributed by atoms with Gasteiger partial charge in [0, 0.05) is 6.54 Å². The van der Waals surface area contributed by atoms with Crippen LogP contribution in [0, 0.1) is 13.8 Å². The molecule has 1 aromatic heterocycles. The smallest absolute Gasteiger partial charge is 0.156 e. The number of hydrogen-bond donors (Lipinski definition) is 1. The van der Waals surface area contributed by atoms with E-state index in [4.69, 9.17) is 11.6 Å². The molecule has 0 atom stereocenters. The van der Waals surface area contributed by atoms with Gasteiger partial charge in [-0.1, -0.05) is 35.9 Å². The van der Waals surface area contributed by atoms with Crippen LogP contribution in [-0.4, -0.2) is 22.8 Å². The van der Waals surface area contributed by atoms with Gasteiger partial charge in [0.05, 0.1) is 5.56 Å². The maximum absolute atomic E-state index is 11.0. The highest BCUT2D eigenvalue weighted by Gasteiger charge is 2.10. The summed E-state index contributed by atoms with van der Waals surface area (Å²) in [5.74, 6) is 1.03. The van der Waals surface area contributed by atoms with Gasteiger partial charge in [-0.05, 0) is 31.4 Å². The van der Waals surface area contributed by atoms with E-state index in [1.54, 1.807) is 6.92 Å². The van der Waals surface area contributed by atoms with Crippen LogP contribution in [0.2, 0.25) is 5.15 Å². The first-order valence-electron chi connectivity index (χ1n) is 6.39. The highest BCUT2D eigenvalue weighted by molar-refractivity contribution is 6.32. The highest BCUT2D eigenvalue weighted by atomic mass is 35.5. The zero-order valence-corrected chi connectivity index (χ0v) is 12.2. The van der Waals surface area contributed by atoms with E-state index in [9.17, 15) is 4.79 Å². The molecule has 0 aliphatic heterocycles. The Balaban J connectivity index is 2.08. The van der Waals surface area contributed by atoms with Gasteiger partial charge in [0.25, 0.3) is 0 Å². The maximum Gasteiger partial charge on any atom is 0.156 e. The Hall–Kier alpha value is -1.94. The third kappa shape index (κ3) is 3.33. The SMILES string of the molecule is Cc1nc(Cl)c(C=O)c(NCCc2ccccc2C)n1. The van der Waals surface area contributed by atoms with Gasteiger partial charge in [0.15, 0.2) is 6.29 Å². The fourth-order valence-electron chi connectivity index (χ4n) is 1.99. The Labute approximate surface area is 123 Å². The summed E-state index contributed by atoms with van der Waals surface area (Å²) < 4.78 is 0. The summed E-state index contributed by atoms with van der Waals surface area (Å²) in [4.78, 5) is 19.2. The Morgan fingerprint density at radius 1 is 1.25 bits per heavy atom. The lowest BCUT2D eigenvalue weighted by Gasteiger charge is -2.10. The molecular weight excluding hydrogens is 274 g/mol. The van der Waals surface area contributed by atoms with Crippen molar-refractivity contribution in [2.24, 2.45) is 0 Å². The summed E-state index contributed by atoms with van der Waals surface area (Å²) in [5, 5.41) is 3.34. The maximum atomic E-state index is 11.0. The predicted molar refractivity (Wildman–Crippen MR) is 80.5 cm³/mol. The minimum Gasteiger partial charge on any atom is -0.369 e. The van der Waals surface area contributed by atoms with Gasteiger partial charge in [-0.15, -0.1) is 0 Å². The Bertz CT molecular complexity index is 629. The number of benzene rings is 1. The molecule has 1 heterocycles. The summed E-state index contributed by atoms with van der Waals surface area (Å²) in [6.07, 6.45) is 1.53. The van der Waals surface area contributed by atoms with Crippen LogP contribution in [0.3, 0.4) is 0 Å². The quantitative estimate of drug-likeness (QED) is 0.678. The molecule has 0 radical (unpaired) electrons. The predicted octanol–water partition coefficient (Wildman–Crippen LogP) is 3.21. The number of aldehydes is 1. The third-order valence-electron chi connectivity index (χ3n) is 3.08. The number of carbonyl (C=O) groups is 1. The number of hydrogen-bond acceptors (Lipinski definition) is 4. The van der Waals surface area contributed by atoms with Crippen LogP contribution in [0.25, 0.3) is 0 Å². The van der Waals surface area contributed by atoms with Crippen molar-refractivity contribution in [2.75, 3.05) is 11.9 Å². The van der Waals surface area contributed by atoms with Crippen LogP contribution >= 0.6 is 11.6 Å². The molecule has 0 unspecified atom stereocenters. The van der Waals surface area contributed by atoms with Crippen molar-refractivity contribution in [1.29, 1.82) is 0 Å². The van der Waals surface area contributed by atoms with E-state index in [0.29, 0.717) is 30.0 Å². The number of nitrogens with one attached hydrogen (secondary N) is 1. The number of nitrogens with zero attached hydrogens (tertiary/aromatic N) is 2. The van der Waals surface area contributed by atoms with E-state index in [1.165, 1.54) is 11.1 Å². The van der Waals surface area contributed by atoms with Crippen molar-refractivity contribution in [3.05, 3.63) is 51.9 Å². The molecule has 0 aliphatic carbocycles.